The SMILES string of the molecule is Cc1ccc([N+](=O)[O-])c(C#N)c1Cl. The number of nitro benzene ring substituents is 1. The van der Waals surface area contributed by atoms with E-state index in [0.717, 1.165) is 0 Å². The quantitative estimate of drug-likeness (QED) is 0.512. The average molecular weight is 197 g/mol. The van der Waals surface area contributed by atoms with Crippen molar-refractivity contribution in [2.75, 3.05) is 0 Å². The zero-order valence-electron chi connectivity index (χ0n) is 6.74. The lowest BCUT2D eigenvalue weighted by Crippen LogP contribution is -1.94. The molecule has 0 unspecified atom stereocenters. The Bertz CT molecular complexity index is 409. The molecule has 1 aromatic carbocycles. The van der Waals surface area contributed by atoms with Gasteiger partial charge in [-0.3, -0.25) is 10.1 Å². The number of nitro groups is 1. The van der Waals surface area contributed by atoms with Gasteiger partial charge in [0.15, 0.2) is 0 Å². The minimum Gasteiger partial charge on any atom is -0.258 e. The third kappa shape index (κ3) is 1.60. The molecule has 0 aliphatic heterocycles. The van der Waals surface area contributed by atoms with Gasteiger partial charge in [-0.2, -0.15) is 5.26 Å². The van der Waals surface area contributed by atoms with Crippen molar-refractivity contribution in [3.63, 3.8) is 0 Å². The highest BCUT2D eigenvalue weighted by molar-refractivity contribution is 6.32. The van der Waals surface area contributed by atoms with Crippen LogP contribution in [0.25, 0.3) is 0 Å². The molecule has 0 amide bonds. The third-order valence-corrected chi connectivity index (χ3v) is 2.11. The number of rotatable bonds is 1. The largest absolute Gasteiger partial charge is 0.288 e. The highest BCUT2D eigenvalue weighted by Crippen LogP contribution is 2.28. The van der Waals surface area contributed by atoms with Gasteiger partial charge in [-0.1, -0.05) is 17.7 Å². The molecule has 5 heteroatoms. The molecule has 1 rings (SSSR count). The Labute approximate surface area is 79.5 Å². The molecular formula is C8H5ClN2O2. The summed E-state index contributed by atoms with van der Waals surface area (Å²) in [5.74, 6) is 0. The van der Waals surface area contributed by atoms with E-state index in [-0.39, 0.29) is 16.3 Å². The first kappa shape index (κ1) is 9.49. The van der Waals surface area contributed by atoms with Crippen LogP contribution in [0.5, 0.6) is 0 Å². The van der Waals surface area contributed by atoms with Crippen LogP contribution in [0.3, 0.4) is 0 Å². The number of aryl methyl sites for hydroxylation is 1. The van der Waals surface area contributed by atoms with E-state index in [0.29, 0.717) is 5.56 Å². The molecule has 4 nitrogen and oxygen atoms in total. The first-order valence-electron chi connectivity index (χ1n) is 3.41. The summed E-state index contributed by atoms with van der Waals surface area (Å²) in [4.78, 5) is 9.82. The Balaban J connectivity index is 3.50. The molecule has 0 radical (unpaired) electrons. The minimum atomic E-state index is -0.621. The first-order chi connectivity index (χ1) is 6.07. The molecule has 66 valence electrons. The number of nitrogens with zero attached hydrogens (tertiary/aromatic N) is 2. The minimum absolute atomic E-state index is 0.0772. The normalized spacial score (nSPS) is 9.31. The molecule has 0 atom stereocenters. The van der Waals surface area contributed by atoms with E-state index in [1.54, 1.807) is 13.0 Å². The summed E-state index contributed by atoms with van der Waals surface area (Å²) in [5.41, 5.74) is 0.327. The van der Waals surface area contributed by atoms with Gasteiger partial charge in [-0.25, -0.2) is 0 Å². The molecule has 0 saturated carbocycles. The Kier molecular flexibility index (Phi) is 2.49. The van der Waals surface area contributed by atoms with E-state index >= 15 is 0 Å². The fraction of sp³-hybridized carbons (Fsp3) is 0.125. The molecule has 0 saturated heterocycles. The van der Waals surface area contributed by atoms with Crippen LogP contribution < -0.4 is 0 Å². The van der Waals surface area contributed by atoms with Crippen LogP contribution in [-0.2, 0) is 0 Å². The lowest BCUT2D eigenvalue weighted by Gasteiger charge is -1.99. The third-order valence-electron chi connectivity index (χ3n) is 1.62. The molecule has 13 heavy (non-hydrogen) atoms. The van der Waals surface area contributed by atoms with Crippen LogP contribution in [0.4, 0.5) is 5.69 Å². The molecule has 0 aliphatic carbocycles. The maximum absolute atomic E-state index is 10.4. The fourth-order valence-electron chi connectivity index (χ4n) is 0.929. The van der Waals surface area contributed by atoms with Crippen LogP contribution >= 0.6 is 11.6 Å². The van der Waals surface area contributed by atoms with E-state index in [1.165, 1.54) is 12.1 Å². The van der Waals surface area contributed by atoms with E-state index in [2.05, 4.69) is 0 Å². The summed E-state index contributed by atoms with van der Waals surface area (Å²) in [7, 11) is 0. The maximum Gasteiger partial charge on any atom is 0.288 e. The molecule has 0 bridgehead atoms. The van der Waals surface area contributed by atoms with Crippen LogP contribution in [0, 0.1) is 28.4 Å². The molecule has 0 N–H and O–H groups in total. The van der Waals surface area contributed by atoms with Gasteiger partial charge >= 0.3 is 0 Å². The van der Waals surface area contributed by atoms with Gasteiger partial charge < -0.3 is 0 Å². The fourth-order valence-corrected chi connectivity index (χ4v) is 1.13. The van der Waals surface area contributed by atoms with E-state index in [1.807, 2.05) is 0 Å². The highest BCUT2D eigenvalue weighted by atomic mass is 35.5. The average Bonchev–Trinajstić information content (AvgIpc) is 2.09. The molecule has 0 spiro atoms. The summed E-state index contributed by atoms with van der Waals surface area (Å²) in [6, 6.07) is 4.51. The number of benzene rings is 1. The molecule has 1 aromatic rings. The molecule has 0 heterocycles. The zero-order chi connectivity index (χ0) is 10.0. The number of hydrogen-bond acceptors (Lipinski definition) is 3. The summed E-state index contributed by atoms with van der Waals surface area (Å²) >= 11 is 5.72. The van der Waals surface area contributed by atoms with Crippen molar-refractivity contribution < 1.29 is 4.92 Å². The molecule has 0 fully saturated rings. The topological polar surface area (TPSA) is 66.9 Å². The Hall–Kier alpha value is -1.60. The molecular weight excluding hydrogens is 192 g/mol. The van der Waals surface area contributed by atoms with Gasteiger partial charge in [0.1, 0.15) is 11.6 Å². The number of hydrogen-bond donors (Lipinski definition) is 0. The predicted octanol–water partition coefficient (Wildman–Crippen LogP) is 2.43. The Morgan fingerprint density at radius 3 is 2.69 bits per heavy atom. The second-order valence-electron chi connectivity index (χ2n) is 2.46. The van der Waals surface area contributed by atoms with Gasteiger partial charge in [0.2, 0.25) is 0 Å². The summed E-state index contributed by atoms with van der Waals surface area (Å²) in [6.45, 7) is 1.69. The van der Waals surface area contributed by atoms with Crippen molar-refractivity contribution in [2.45, 2.75) is 6.92 Å². The number of nitriles is 1. The van der Waals surface area contributed by atoms with Crippen LogP contribution in [0.15, 0.2) is 12.1 Å². The molecule has 0 aromatic heterocycles. The van der Waals surface area contributed by atoms with Crippen LogP contribution in [0.1, 0.15) is 11.1 Å². The van der Waals surface area contributed by atoms with Gasteiger partial charge in [0.25, 0.3) is 5.69 Å². The lowest BCUT2D eigenvalue weighted by atomic mass is 10.1. The van der Waals surface area contributed by atoms with Crippen molar-refractivity contribution in [3.8, 4) is 6.07 Å². The summed E-state index contributed by atoms with van der Waals surface area (Å²) < 4.78 is 0. The van der Waals surface area contributed by atoms with Crippen molar-refractivity contribution in [3.05, 3.63) is 38.4 Å². The van der Waals surface area contributed by atoms with Gasteiger partial charge in [0.05, 0.1) is 9.95 Å². The van der Waals surface area contributed by atoms with Crippen LogP contribution in [-0.4, -0.2) is 4.92 Å². The Morgan fingerprint density at radius 1 is 1.62 bits per heavy atom. The second kappa shape index (κ2) is 3.42. The first-order valence-corrected chi connectivity index (χ1v) is 3.79. The van der Waals surface area contributed by atoms with Crippen molar-refractivity contribution in [2.24, 2.45) is 0 Å². The van der Waals surface area contributed by atoms with Crippen LogP contribution in [0.2, 0.25) is 5.02 Å². The smallest absolute Gasteiger partial charge is 0.258 e. The zero-order valence-corrected chi connectivity index (χ0v) is 7.50. The van der Waals surface area contributed by atoms with E-state index in [9.17, 15) is 10.1 Å². The van der Waals surface area contributed by atoms with Crippen molar-refractivity contribution in [1.82, 2.24) is 0 Å². The van der Waals surface area contributed by atoms with Crippen molar-refractivity contribution in [1.29, 1.82) is 5.26 Å². The number of halogens is 1. The second-order valence-corrected chi connectivity index (χ2v) is 2.84. The van der Waals surface area contributed by atoms with Crippen molar-refractivity contribution >= 4 is 17.3 Å². The monoisotopic (exact) mass is 196 g/mol. The Morgan fingerprint density at radius 2 is 2.23 bits per heavy atom. The predicted molar refractivity (Wildman–Crippen MR) is 47.6 cm³/mol. The maximum atomic E-state index is 10.4. The van der Waals surface area contributed by atoms with Gasteiger partial charge in [-0.05, 0) is 12.5 Å². The van der Waals surface area contributed by atoms with E-state index < -0.39 is 4.92 Å². The highest BCUT2D eigenvalue weighted by Gasteiger charge is 2.17. The van der Waals surface area contributed by atoms with Gasteiger partial charge in [0, 0.05) is 6.07 Å². The molecule has 0 aliphatic rings. The summed E-state index contributed by atoms with van der Waals surface area (Å²) in [5, 5.41) is 19.2. The lowest BCUT2D eigenvalue weighted by molar-refractivity contribution is -0.385. The van der Waals surface area contributed by atoms with Gasteiger partial charge in [-0.15, -0.1) is 0 Å². The standard InChI is InChI=1S/C8H5ClN2O2/c1-5-2-3-7(11(12)13)6(4-10)8(5)9/h2-3H,1H3. The van der Waals surface area contributed by atoms with E-state index in [4.69, 9.17) is 16.9 Å². The summed E-state index contributed by atoms with van der Waals surface area (Å²) in [6.07, 6.45) is 0.